The number of anilines is 1. The molecular formula is C19H23N7O. The predicted molar refractivity (Wildman–Crippen MR) is 104 cm³/mol. The number of para-hydroxylation sites is 1. The highest BCUT2D eigenvalue weighted by atomic mass is 16.2. The normalized spacial score (nSPS) is 14.6. The van der Waals surface area contributed by atoms with Crippen molar-refractivity contribution in [3.8, 4) is 5.69 Å². The number of benzene rings is 1. The number of carbonyl (C=O) groups excluding carboxylic acids is 1. The topological polar surface area (TPSA) is 79.2 Å². The van der Waals surface area contributed by atoms with Gasteiger partial charge in [-0.1, -0.05) is 18.2 Å². The number of amides is 2. The molecule has 4 rings (SSSR count). The van der Waals surface area contributed by atoms with Crippen LogP contribution in [0.15, 0.2) is 36.5 Å². The van der Waals surface area contributed by atoms with Crippen molar-refractivity contribution >= 4 is 22.9 Å². The average Bonchev–Trinajstić information content (AvgIpc) is 3.12. The number of nitrogens with one attached hydrogen (secondary N) is 1. The van der Waals surface area contributed by atoms with E-state index in [1.807, 2.05) is 60.0 Å². The highest BCUT2D eigenvalue weighted by molar-refractivity contribution is 5.88. The van der Waals surface area contributed by atoms with Crippen LogP contribution in [0.25, 0.3) is 16.7 Å². The molecule has 0 spiro atoms. The van der Waals surface area contributed by atoms with Crippen molar-refractivity contribution in [1.82, 2.24) is 30.0 Å². The van der Waals surface area contributed by atoms with Gasteiger partial charge in [0, 0.05) is 32.7 Å². The summed E-state index contributed by atoms with van der Waals surface area (Å²) in [5.41, 5.74) is 1.77. The summed E-state index contributed by atoms with van der Waals surface area (Å²) in [6.07, 6.45) is 1.83. The third kappa shape index (κ3) is 3.30. The molecule has 3 heterocycles. The number of aromatic nitrogens is 4. The number of piperazine rings is 1. The summed E-state index contributed by atoms with van der Waals surface area (Å²) in [6, 6.07) is 9.97. The molecule has 0 bridgehead atoms. The van der Waals surface area contributed by atoms with Crippen LogP contribution >= 0.6 is 0 Å². The monoisotopic (exact) mass is 365 g/mol. The van der Waals surface area contributed by atoms with Gasteiger partial charge in [0.2, 0.25) is 0 Å². The molecule has 1 aliphatic rings. The molecule has 2 amide bonds. The summed E-state index contributed by atoms with van der Waals surface area (Å²) in [5.74, 6) is 1.59. The van der Waals surface area contributed by atoms with Crippen LogP contribution in [0.5, 0.6) is 0 Å². The third-order valence-corrected chi connectivity index (χ3v) is 4.72. The maximum Gasteiger partial charge on any atom is 0.317 e. The van der Waals surface area contributed by atoms with Crippen molar-refractivity contribution in [3.05, 3.63) is 42.4 Å². The lowest BCUT2D eigenvalue weighted by Crippen LogP contribution is -2.52. The van der Waals surface area contributed by atoms with Gasteiger partial charge in [-0.25, -0.2) is 19.4 Å². The Morgan fingerprint density at radius 1 is 1.11 bits per heavy atom. The van der Waals surface area contributed by atoms with Crippen LogP contribution in [-0.4, -0.2) is 63.4 Å². The Balaban J connectivity index is 1.64. The largest absolute Gasteiger partial charge is 0.352 e. The molecule has 1 N–H and O–H groups in total. The lowest BCUT2D eigenvalue weighted by Gasteiger charge is -2.35. The minimum Gasteiger partial charge on any atom is -0.352 e. The predicted octanol–water partition coefficient (Wildman–Crippen LogP) is 1.98. The fraction of sp³-hybridized carbons (Fsp3) is 0.368. The molecule has 140 valence electrons. The lowest BCUT2D eigenvalue weighted by molar-refractivity contribution is 0.195. The number of carbonyl (C=O) groups is 1. The molecule has 0 radical (unpaired) electrons. The molecule has 8 nitrogen and oxygen atoms in total. The number of rotatable bonds is 3. The van der Waals surface area contributed by atoms with E-state index >= 15 is 0 Å². The molecule has 0 saturated carbocycles. The molecular weight excluding hydrogens is 342 g/mol. The van der Waals surface area contributed by atoms with E-state index < -0.39 is 0 Å². The quantitative estimate of drug-likeness (QED) is 0.768. The number of hydrogen-bond acceptors (Lipinski definition) is 5. The summed E-state index contributed by atoms with van der Waals surface area (Å²) < 4.78 is 1.85. The highest BCUT2D eigenvalue weighted by Crippen LogP contribution is 2.26. The van der Waals surface area contributed by atoms with Crippen molar-refractivity contribution < 1.29 is 4.79 Å². The lowest BCUT2D eigenvalue weighted by atomic mass is 10.2. The molecule has 1 saturated heterocycles. The van der Waals surface area contributed by atoms with Crippen molar-refractivity contribution in [1.29, 1.82) is 0 Å². The zero-order valence-corrected chi connectivity index (χ0v) is 15.6. The van der Waals surface area contributed by atoms with Crippen LogP contribution in [0.4, 0.5) is 10.6 Å². The van der Waals surface area contributed by atoms with Gasteiger partial charge in [0.15, 0.2) is 5.65 Å². The Morgan fingerprint density at radius 2 is 1.85 bits per heavy atom. The molecule has 0 unspecified atom stereocenters. The summed E-state index contributed by atoms with van der Waals surface area (Å²) in [5, 5.41) is 8.33. The smallest absolute Gasteiger partial charge is 0.317 e. The molecule has 3 aromatic rings. The molecule has 1 aliphatic heterocycles. The molecule has 8 heteroatoms. The number of fused-ring (bicyclic) bond motifs is 1. The second-order valence-corrected chi connectivity index (χ2v) is 6.53. The van der Waals surface area contributed by atoms with Crippen LogP contribution in [0, 0.1) is 6.92 Å². The average molecular weight is 365 g/mol. The van der Waals surface area contributed by atoms with E-state index in [1.165, 1.54) is 0 Å². The molecule has 0 aliphatic carbocycles. The zero-order chi connectivity index (χ0) is 18.8. The Kier molecular flexibility index (Phi) is 4.62. The first-order chi connectivity index (χ1) is 13.2. The van der Waals surface area contributed by atoms with Gasteiger partial charge in [0.25, 0.3) is 0 Å². The Labute approximate surface area is 157 Å². The van der Waals surface area contributed by atoms with Crippen molar-refractivity contribution in [2.75, 3.05) is 37.6 Å². The maximum atomic E-state index is 12.0. The van der Waals surface area contributed by atoms with Gasteiger partial charge < -0.3 is 15.1 Å². The fourth-order valence-electron chi connectivity index (χ4n) is 3.38. The van der Waals surface area contributed by atoms with Crippen LogP contribution in [-0.2, 0) is 0 Å². The van der Waals surface area contributed by atoms with E-state index in [2.05, 4.69) is 25.3 Å². The summed E-state index contributed by atoms with van der Waals surface area (Å²) in [4.78, 5) is 25.4. The minimum absolute atomic E-state index is 0.00179. The summed E-state index contributed by atoms with van der Waals surface area (Å²) in [6.45, 7) is 7.28. The van der Waals surface area contributed by atoms with Gasteiger partial charge in [0.05, 0.1) is 17.3 Å². The van der Waals surface area contributed by atoms with Gasteiger partial charge in [-0.15, -0.1) is 0 Å². The van der Waals surface area contributed by atoms with Gasteiger partial charge in [-0.05, 0) is 26.0 Å². The maximum absolute atomic E-state index is 12.0. The van der Waals surface area contributed by atoms with Crippen molar-refractivity contribution in [2.24, 2.45) is 0 Å². The first-order valence-corrected chi connectivity index (χ1v) is 9.23. The van der Waals surface area contributed by atoms with Crippen molar-refractivity contribution in [3.63, 3.8) is 0 Å². The van der Waals surface area contributed by atoms with Crippen LogP contribution in [0.1, 0.15) is 12.7 Å². The molecule has 2 aromatic heterocycles. The minimum atomic E-state index is -0.00179. The van der Waals surface area contributed by atoms with E-state index in [9.17, 15) is 4.79 Å². The second kappa shape index (κ2) is 7.22. The second-order valence-electron chi connectivity index (χ2n) is 6.53. The zero-order valence-electron chi connectivity index (χ0n) is 15.6. The number of urea groups is 1. The molecule has 27 heavy (non-hydrogen) atoms. The van der Waals surface area contributed by atoms with Crippen LogP contribution in [0.3, 0.4) is 0 Å². The molecule has 1 aromatic carbocycles. The number of aryl methyl sites for hydroxylation is 1. The van der Waals surface area contributed by atoms with Crippen LogP contribution < -0.4 is 10.2 Å². The van der Waals surface area contributed by atoms with E-state index in [-0.39, 0.29) is 6.03 Å². The Morgan fingerprint density at radius 3 is 2.56 bits per heavy atom. The fourth-order valence-corrected chi connectivity index (χ4v) is 3.38. The number of nitrogens with zero attached hydrogens (tertiary/aromatic N) is 6. The van der Waals surface area contributed by atoms with Gasteiger partial charge in [-0.2, -0.15) is 5.10 Å². The standard InChI is InChI=1S/C19H23N7O/c1-3-20-19(27)25-11-9-24(10-12-25)17-16-13-21-26(15-7-5-4-6-8-15)18(16)23-14(2)22-17/h4-8,13H,3,9-12H2,1-2H3,(H,20,27). The van der Waals surface area contributed by atoms with Crippen LogP contribution in [0.2, 0.25) is 0 Å². The third-order valence-electron chi connectivity index (χ3n) is 4.72. The molecule has 0 atom stereocenters. The Hall–Kier alpha value is -3.16. The van der Waals surface area contributed by atoms with E-state index in [0.717, 1.165) is 35.6 Å². The summed E-state index contributed by atoms with van der Waals surface area (Å²) in [7, 11) is 0. The van der Waals surface area contributed by atoms with Crippen molar-refractivity contribution in [2.45, 2.75) is 13.8 Å². The van der Waals surface area contributed by atoms with E-state index in [4.69, 9.17) is 0 Å². The van der Waals surface area contributed by atoms with Gasteiger partial charge in [-0.3, -0.25) is 0 Å². The summed E-state index contributed by atoms with van der Waals surface area (Å²) >= 11 is 0. The van der Waals surface area contributed by atoms with Gasteiger partial charge >= 0.3 is 6.03 Å². The molecule has 1 fully saturated rings. The first kappa shape index (κ1) is 17.3. The first-order valence-electron chi connectivity index (χ1n) is 9.23. The Bertz CT molecular complexity index is 945. The number of hydrogen-bond donors (Lipinski definition) is 1. The van der Waals surface area contributed by atoms with E-state index in [0.29, 0.717) is 25.5 Å². The SMILES string of the molecule is CCNC(=O)N1CCN(c2nc(C)nc3c2cnn3-c2ccccc2)CC1. The van der Waals surface area contributed by atoms with Gasteiger partial charge in [0.1, 0.15) is 11.6 Å². The van der Waals surface area contributed by atoms with E-state index in [1.54, 1.807) is 0 Å². The highest BCUT2D eigenvalue weighted by Gasteiger charge is 2.24.